The number of carbonyl (C=O) groups is 2. The quantitative estimate of drug-likeness (QED) is 0.456. The van der Waals surface area contributed by atoms with Gasteiger partial charge in [-0.1, -0.05) is 42.5 Å². The van der Waals surface area contributed by atoms with E-state index >= 15 is 0 Å². The standard InChI is InChI=1S/C21H21N3O5/c1-12(2)29-20(25)17-18(14-7-5-4-6-8-14)22-21(26)23-19(17)15-10-9-13(3)16(11-15)24(27)28/h4-12,19H,1-3H3,(H2,22,23,26). The Balaban J connectivity index is 2.20. The fourth-order valence-corrected chi connectivity index (χ4v) is 3.15. The molecule has 1 atom stereocenters. The SMILES string of the molecule is Cc1ccc(C2NC(=O)NC(c3ccccc3)=C2C(=O)OC(C)C)cc1[N+](=O)[O-]. The van der Waals surface area contributed by atoms with E-state index in [0.717, 1.165) is 0 Å². The Morgan fingerprint density at radius 1 is 1.17 bits per heavy atom. The molecule has 0 fully saturated rings. The van der Waals surface area contributed by atoms with Gasteiger partial charge in [0.05, 0.1) is 28.3 Å². The first kappa shape index (κ1) is 20.1. The van der Waals surface area contributed by atoms with E-state index in [2.05, 4.69) is 10.6 Å². The fourth-order valence-electron chi connectivity index (χ4n) is 3.15. The first-order valence-electron chi connectivity index (χ1n) is 9.11. The maximum Gasteiger partial charge on any atom is 0.338 e. The van der Waals surface area contributed by atoms with E-state index in [-0.39, 0.29) is 17.4 Å². The molecule has 0 aromatic heterocycles. The molecule has 0 spiro atoms. The van der Waals surface area contributed by atoms with Gasteiger partial charge < -0.3 is 15.4 Å². The summed E-state index contributed by atoms with van der Waals surface area (Å²) in [5.41, 5.74) is 1.94. The normalized spacial score (nSPS) is 16.3. The molecule has 1 unspecified atom stereocenters. The Bertz CT molecular complexity index is 999. The smallest absolute Gasteiger partial charge is 0.338 e. The molecule has 29 heavy (non-hydrogen) atoms. The van der Waals surface area contributed by atoms with E-state index in [1.54, 1.807) is 57.2 Å². The average molecular weight is 395 g/mol. The Hall–Kier alpha value is -3.68. The molecular weight excluding hydrogens is 374 g/mol. The van der Waals surface area contributed by atoms with Gasteiger partial charge in [-0.25, -0.2) is 9.59 Å². The third-order valence-electron chi connectivity index (χ3n) is 4.46. The highest BCUT2D eigenvalue weighted by Gasteiger charge is 2.35. The summed E-state index contributed by atoms with van der Waals surface area (Å²) in [5, 5.41) is 16.7. The van der Waals surface area contributed by atoms with Crippen molar-refractivity contribution >= 4 is 23.4 Å². The third-order valence-corrected chi connectivity index (χ3v) is 4.46. The predicted molar refractivity (Wildman–Crippen MR) is 107 cm³/mol. The van der Waals surface area contributed by atoms with Crippen molar-refractivity contribution in [1.82, 2.24) is 10.6 Å². The van der Waals surface area contributed by atoms with Gasteiger partial charge in [0.1, 0.15) is 0 Å². The molecule has 0 bridgehead atoms. The van der Waals surface area contributed by atoms with E-state index in [4.69, 9.17) is 4.74 Å². The molecule has 2 amide bonds. The van der Waals surface area contributed by atoms with E-state index in [9.17, 15) is 19.7 Å². The number of amides is 2. The summed E-state index contributed by atoms with van der Waals surface area (Å²) in [4.78, 5) is 36.2. The van der Waals surface area contributed by atoms with Crippen LogP contribution < -0.4 is 10.6 Å². The molecule has 8 nitrogen and oxygen atoms in total. The maximum atomic E-state index is 13.0. The molecule has 0 saturated heterocycles. The Morgan fingerprint density at radius 3 is 2.48 bits per heavy atom. The summed E-state index contributed by atoms with van der Waals surface area (Å²) in [5.74, 6) is -0.611. The number of hydrogen-bond acceptors (Lipinski definition) is 5. The lowest BCUT2D eigenvalue weighted by atomic mass is 9.92. The van der Waals surface area contributed by atoms with Crippen LogP contribution in [0.25, 0.3) is 5.70 Å². The van der Waals surface area contributed by atoms with Gasteiger partial charge in [0.2, 0.25) is 0 Å². The Morgan fingerprint density at radius 2 is 1.86 bits per heavy atom. The summed E-state index contributed by atoms with van der Waals surface area (Å²) < 4.78 is 5.41. The van der Waals surface area contributed by atoms with Gasteiger partial charge in [0.25, 0.3) is 5.69 Å². The maximum absolute atomic E-state index is 13.0. The molecule has 1 aliphatic rings. The zero-order valence-electron chi connectivity index (χ0n) is 16.3. The van der Waals surface area contributed by atoms with Crippen molar-refractivity contribution in [3.05, 3.63) is 80.9 Å². The van der Waals surface area contributed by atoms with Gasteiger partial charge in [-0.3, -0.25) is 10.1 Å². The van der Waals surface area contributed by atoms with Crippen LogP contribution in [0.15, 0.2) is 54.1 Å². The molecule has 150 valence electrons. The number of nitro benzene ring substituents is 1. The zero-order valence-corrected chi connectivity index (χ0v) is 16.3. The van der Waals surface area contributed by atoms with Gasteiger partial charge in [-0.05, 0) is 31.9 Å². The van der Waals surface area contributed by atoms with Gasteiger partial charge >= 0.3 is 12.0 Å². The number of esters is 1. The summed E-state index contributed by atoms with van der Waals surface area (Å²) in [6.45, 7) is 5.07. The highest BCUT2D eigenvalue weighted by Crippen LogP contribution is 2.34. The minimum atomic E-state index is -0.899. The minimum absolute atomic E-state index is 0.0897. The summed E-state index contributed by atoms with van der Waals surface area (Å²) in [6.07, 6.45) is -0.377. The number of nitrogens with zero attached hydrogens (tertiary/aromatic N) is 1. The largest absolute Gasteiger partial charge is 0.459 e. The van der Waals surface area contributed by atoms with E-state index in [1.165, 1.54) is 6.07 Å². The average Bonchev–Trinajstić information content (AvgIpc) is 2.67. The number of carbonyl (C=O) groups excluding carboxylic acids is 2. The molecule has 8 heteroatoms. The first-order valence-corrected chi connectivity index (χ1v) is 9.11. The second-order valence-corrected chi connectivity index (χ2v) is 6.94. The Kier molecular flexibility index (Phi) is 5.63. The number of nitro groups is 1. The van der Waals surface area contributed by atoms with Crippen LogP contribution in [0, 0.1) is 17.0 Å². The molecule has 1 heterocycles. The van der Waals surface area contributed by atoms with Crippen LogP contribution in [0.4, 0.5) is 10.5 Å². The van der Waals surface area contributed by atoms with Crippen molar-refractivity contribution < 1.29 is 19.2 Å². The molecule has 0 aliphatic carbocycles. The van der Waals surface area contributed by atoms with Gasteiger partial charge in [0, 0.05) is 11.6 Å². The van der Waals surface area contributed by atoms with Crippen LogP contribution in [0.1, 0.15) is 36.6 Å². The molecule has 0 saturated carbocycles. The number of urea groups is 1. The van der Waals surface area contributed by atoms with E-state index in [0.29, 0.717) is 22.4 Å². The third kappa shape index (κ3) is 4.26. The number of ether oxygens (including phenoxy) is 1. The van der Waals surface area contributed by atoms with Gasteiger partial charge in [-0.15, -0.1) is 0 Å². The highest BCUT2D eigenvalue weighted by atomic mass is 16.6. The summed E-state index contributed by atoms with van der Waals surface area (Å²) in [6, 6.07) is 12.1. The highest BCUT2D eigenvalue weighted by molar-refractivity contribution is 6.04. The van der Waals surface area contributed by atoms with Crippen LogP contribution in [-0.2, 0) is 9.53 Å². The molecule has 1 aliphatic heterocycles. The van der Waals surface area contributed by atoms with Gasteiger partial charge in [0.15, 0.2) is 0 Å². The molecule has 2 aromatic rings. The molecule has 2 aromatic carbocycles. The summed E-state index contributed by atoms with van der Waals surface area (Å²) >= 11 is 0. The fraction of sp³-hybridized carbons (Fsp3) is 0.238. The number of nitrogens with one attached hydrogen (secondary N) is 2. The second kappa shape index (κ2) is 8.14. The summed E-state index contributed by atoms with van der Waals surface area (Å²) in [7, 11) is 0. The molecule has 3 rings (SSSR count). The van der Waals surface area contributed by atoms with Crippen LogP contribution in [-0.4, -0.2) is 23.0 Å². The lowest BCUT2D eigenvalue weighted by molar-refractivity contribution is -0.385. The number of aryl methyl sites for hydroxylation is 1. The van der Waals surface area contributed by atoms with Crippen LogP contribution in [0.2, 0.25) is 0 Å². The molecule has 2 N–H and O–H groups in total. The van der Waals surface area contributed by atoms with Crippen molar-refractivity contribution in [2.24, 2.45) is 0 Å². The predicted octanol–water partition coefficient (Wildman–Crippen LogP) is 3.62. The van der Waals surface area contributed by atoms with E-state index < -0.39 is 23.0 Å². The topological polar surface area (TPSA) is 111 Å². The van der Waals surface area contributed by atoms with Crippen molar-refractivity contribution in [1.29, 1.82) is 0 Å². The minimum Gasteiger partial charge on any atom is -0.459 e. The van der Waals surface area contributed by atoms with E-state index in [1.807, 2.05) is 6.07 Å². The lowest BCUT2D eigenvalue weighted by Gasteiger charge is -2.30. The van der Waals surface area contributed by atoms with Crippen molar-refractivity contribution in [2.75, 3.05) is 0 Å². The van der Waals surface area contributed by atoms with Crippen molar-refractivity contribution in [3.8, 4) is 0 Å². The van der Waals surface area contributed by atoms with Crippen molar-refractivity contribution in [2.45, 2.75) is 32.9 Å². The van der Waals surface area contributed by atoms with Crippen molar-refractivity contribution in [3.63, 3.8) is 0 Å². The van der Waals surface area contributed by atoms with Crippen LogP contribution in [0.5, 0.6) is 0 Å². The lowest BCUT2D eigenvalue weighted by Crippen LogP contribution is -2.45. The second-order valence-electron chi connectivity index (χ2n) is 6.94. The Labute approximate surface area is 167 Å². The number of rotatable bonds is 5. The molecule has 0 radical (unpaired) electrons. The van der Waals surface area contributed by atoms with Gasteiger partial charge in [-0.2, -0.15) is 0 Å². The van der Waals surface area contributed by atoms with Crippen LogP contribution >= 0.6 is 0 Å². The monoisotopic (exact) mass is 395 g/mol. The van der Waals surface area contributed by atoms with Crippen LogP contribution in [0.3, 0.4) is 0 Å². The number of hydrogen-bond donors (Lipinski definition) is 2. The molecular formula is C21H21N3O5. The number of benzene rings is 2. The first-order chi connectivity index (χ1) is 13.8. The zero-order chi connectivity index (χ0) is 21.1.